The summed E-state index contributed by atoms with van der Waals surface area (Å²) in [6.45, 7) is 0. The van der Waals surface area contributed by atoms with Crippen molar-refractivity contribution in [2.75, 3.05) is 0 Å². The minimum atomic E-state index is -1.35. The lowest BCUT2D eigenvalue weighted by molar-refractivity contribution is 0.0999. The van der Waals surface area contributed by atoms with Crippen LogP contribution in [0.2, 0.25) is 0 Å². The van der Waals surface area contributed by atoms with Gasteiger partial charge in [-0.3, -0.25) is 4.79 Å². The number of hydrogen-bond acceptors (Lipinski definition) is 2. The largest absolute Gasteiger partial charge is 0.366 e. The van der Waals surface area contributed by atoms with Crippen molar-refractivity contribution in [1.82, 2.24) is 0 Å². The van der Waals surface area contributed by atoms with Crippen LogP contribution in [0.15, 0.2) is 12.1 Å². The molecule has 0 aliphatic rings. The van der Waals surface area contributed by atoms with E-state index in [-0.39, 0.29) is 5.56 Å². The Labute approximate surface area is 72.4 Å². The summed E-state index contributed by atoms with van der Waals surface area (Å²) in [5.41, 5.74) is 3.85. The van der Waals surface area contributed by atoms with Gasteiger partial charge >= 0.3 is 0 Å². The van der Waals surface area contributed by atoms with E-state index in [2.05, 4.69) is 0 Å². The molecule has 0 aliphatic heterocycles. The number of nitrogens with two attached hydrogens (primary N) is 1. The first-order valence-electron chi connectivity index (χ1n) is 3.26. The Morgan fingerprint density at radius 2 is 2.08 bits per heavy atom. The van der Waals surface area contributed by atoms with Crippen LogP contribution in [-0.4, -0.2) is 5.91 Å². The van der Waals surface area contributed by atoms with Crippen LogP contribution >= 0.6 is 0 Å². The molecule has 0 saturated heterocycles. The monoisotopic (exact) mass is 182 g/mol. The van der Waals surface area contributed by atoms with Crippen molar-refractivity contribution < 1.29 is 13.6 Å². The van der Waals surface area contributed by atoms with Crippen LogP contribution in [0.1, 0.15) is 15.9 Å². The van der Waals surface area contributed by atoms with Gasteiger partial charge in [-0.15, -0.1) is 0 Å². The molecule has 0 unspecified atom stereocenters. The normalized spacial score (nSPS) is 9.31. The van der Waals surface area contributed by atoms with Gasteiger partial charge in [0.15, 0.2) is 11.6 Å². The summed E-state index contributed by atoms with van der Waals surface area (Å²) in [5, 5.41) is 8.41. The molecule has 2 N–H and O–H groups in total. The van der Waals surface area contributed by atoms with Crippen molar-refractivity contribution in [3.05, 3.63) is 34.9 Å². The number of nitrogens with zero attached hydrogens (tertiary/aromatic N) is 1. The lowest BCUT2D eigenvalue weighted by atomic mass is 10.1. The molecule has 1 rings (SSSR count). The van der Waals surface area contributed by atoms with Gasteiger partial charge in [0, 0.05) is 0 Å². The quantitative estimate of drug-likeness (QED) is 0.702. The van der Waals surface area contributed by atoms with Crippen LogP contribution in [0.5, 0.6) is 0 Å². The SMILES string of the molecule is N#Cc1c(C(N)=O)ccc(F)c1F. The third-order valence-corrected chi connectivity index (χ3v) is 1.47. The number of carbonyl (C=O) groups is 1. The lowest BCUT2D eigenvalue weighted by Crippen LogP contribution is -2.14. The minimum absolute atomic E-state index is 0.318. The van der Waals surface area contributed by atoms with E-state index in [1.165, 1.54) is 6.07 Å². The van der Waals surface area contributed by atoms with Gasteiger partial charge in [0.1, 0.15) is 11.6 Å². The summed E-state index contributed by atoms with van der Waals surface area (Å²) in [5.74, 6) is -3.49. The molecular formula is C8H4F2N2O. The summed E-state index contributed by atoms with van der Waals surface area (Å²) >= 11 is 0. The summed E-state index contributed by atoms with van der Waals surface area (Å²) in [7, 11) is 0. The summed E-state index contributed by atoms with van der Waals surface area (Å²) in [6.07, 6.45) is 0. The lowest BCUT2D eigenvalue weighted by Gasteiger charge is -2.00. The third-order valence-electron chi connectivity index (χ3n) is 1.47. The molecule has 3 nitrogen and oxygen atoms in total. The first-order valence-corrected chi connectivity index (χ1v) is 3.26. The van der Waals surface area contributed by atoms with Crippen LogP contribution in [0, 0.1) is 23.0 Å². The first kappa shape index (κ1) is 9.13. The smallest absolute Gasteiger partial charge is 0.250 e. The molecule has 5 heteroatoms. The van der Waals surface area contributed by atoms with Crippen molar-refractivity contribution >= 4 is 5.91 Å². The first-order chi connectivity index (χ1) is 6.07. The molecule has 0 heterocycles. The van der Waals surface area contributed by atoms with Crippen molar-refractivity contribution in [2.45, 2.75) is 0 Å². The fourth-order valence-electron chi connectivity index (χ4n) is 0.865. The van der Waals surface area contributed by atoms with Crippen molar-refractivity contribution in [3.63, 3.8) is 0 Å². The van der Waals surface area contributed by atoms with E-state index < -0.39 is 23.1 Å². The highest BCUT2D eigenvalue weighted by atomic mass is 19.2. The molecular weight excluding hydrogens is 178 g/mol. The van der Waals surface area contributed by atoms with Gasteiger partial charge in [-0.25, -0.2) is 8.78 Å². The molecule has 1 aromatic carbocycles. The standard InChI is InChI=1S/C8H4F2N2O/c9-6-2-1-4(8(12)13)5(3-11)7(6)10/h1-2H,(H2,12,13). The third kappa shape index (κ3) is 1.47. The Bertz CT molecular complexity index is 409. The maximum Gasteiger partial charge on any atom is 0.250 e. The predicted octanol–water partition coefficient (Wildman–Crippen LogP) is 0.935. The Morgan fingerprint density at radius 3 is 2.54 bits per heavy atom. The second-order valence-electron chi connectivity index (χ2n) is 2.26. The average Bonchev–Trinajstić information content (AvgIpc) is 2.09. The van der Waals surface area contributed by atoms with Crippen molar-refractivity contribution in [3.8, 4) is 6.07 Å². The number of rotatable bonds is 1. The Hall–Kier alpha value is -1.96. The van der Waals surface area contributed by atoms with Gasteiger partial charge in [0.2, 0.25) is 5.91 Å². The number of amides is 1. The van der Waals surface area contributed by atoms with E-state index in [9.17, 15) is 13.6 Å². The molecule has 0 spiro atoms. The summed E-state index contributed by atoms with van der Waals surface area (Å²) < 4.78 is 25.3. The second-order valence-corrected chi connectivity index (χ2v) is 2.26. The van der Waals surface area contributed by atoms with Gasteiger partial charge < -0.3 is 5.73 Å². The topological polar surface area (TPSA) is 66.9 Å². The molecule has 0 bridgehead atoms. The molecule has 0 saturated carbocycles. The number of carbonyl (C=O) groups excluding carboxylic acids is 1. The van der Waals surface area contributed by atoms with E-state index in [1.807, 2.05) is 0 Å². The zero-order valence-corrected chi connectivity index (χ0v) is 6.34. The Balaban J connectivity index is 3.50. The van der Waals surface area contributed by atoms with E-state index in [1.54, 1.807) is 0 Å². The van der Waals surface area contributed by atoms with Crippen molar-refractivity contribution in [2.24, 2.45) is 5.73 Å². The number of halogens is 2. The zero-order chi connectivity index (χ0) is 10.0. The molecule has 1 aromatic rings. The van der Waals surface area contributed by atoms with E-state index >= 15 is 0 Å². The Kier molecular flexibility index (Phi) is 2.24. The summed E-state index contributed by atoms with van der Waals surface area (Å²) in [6, 6.07) is 3.09. The predicted molar refractivity (Wildman–Crippen MR) is 39.6 cm³/mol. The van der Waals surface area contributed by atoms with Gasteiger partial charge in [-0.1, -0.05) is 0 Å². The van der Waals surface area contributed by atoms with Gasteiger partial charge in [-0.2, -0.15) is 5.26 Å². The van der Waals surface area contributed by atoms with Crippen LogP contribution in [0.4, 0.5) is 8.78 Å². The second kappa shape index (κ2) is 3.19. The number of hydrogen-bond donors (Lipinski definition) is 1. The van der Waals surface area contributed by atoms with E-state index in [4.69, 9.17) is 11.0 Å². The zero-order valence-electron chi connectivity index (χ0n) is 6.34. The van der Waals surface area contributed by atoms with Crippen LogP contribution in [0.25, 0.3) is 0 Å². The Morgan fingerprint density at radius 1 is 1.46 bits per heavy atom. The van der Waals surface area contributed by atoms with E-state index in [0.29, 0.717) is 0 Å². The molecule has 0 atom stereocenters. The van der Waals surface area contributed by atoms with Crippen LogP contribution < -0.4 is 5.73 Å². The number of primary amides is 1. The fraction of sp³-hybridized carbons (Fsp3) is 0. The molecule has 0 fully saturated rings. The fourth-order valence-corrected chi connectivity index (χ4v) is 0.865. The van der Waals surface area contributed by atoms with E-state index in [0.717, 1.165) is 12.1 Å². The summed E-state index contributed by atoms with van der Waals surface area (Å²) in [4.78, 5) is 10.6. The molecule has 0 radical (unpaired) electrons. The minimum Gasteiger partial charge on any atom is -0.366 e. The highest BCUT2D eigenvalue weighted by Crippen LogP contribution is 2.15. The average molecular weight is 182 g/mol. The molecule has 0 aliphatic carbocycles. The van der Waals surface area contributed by atoms with Gasteiger partial charge in [0.05, 0.1) is 5.56 Å². The highest BCUT2D eigenvalue weighted by Gasteiger charge is 2.15. The highest BCUT2D eigenvalue weighted by molar-refractivity contribution is 5.95. The van der Waals surface area contributed by atoms with Gasteiger partial charge in [-0.05, 0) is 12.1 Å². The molecule has 1 amide bonds. The van der Waals surface area contributed by atoms with Crippen LogP contribution in [-0.2, 0) is 0 Å². The molecule has 13 heavy (non-hydrogen) atoms. The maximum absolute atomic E-state index is 12.8. The maximum atomic E-state index is 12.8. The molecule has 66 valence electrons. The number of nitriles is 1. The van der Waals surface area contributed by atoms with Crippen LogP contribution in [0.3, 0.4) is 0 Å². The number of benzene rings is 1. The van der Waals surface area contributed by atoms with Crippen molar-refractivity contribution in [1.29, 1.82) is 5.26 Å². The molecule has 0 aromatic heterocycles. The van der Waals surface area contributed by atoms with Gasteiger partial charge in [0.25, 0.3) is 0 Å².